The van der Waals surface area contributed by atoms with Gasteiger partial charge in [-0.1, -0.05) is 19.9 Å². The average Bonchev–Trinajstić information content (AvgIpc) is 3.38. The Labute approximate surface area is 172 Å². The van der Waals surface area contributed by atoms with E-state index >= 15 is 0 Å². The molecule has 156 valence electrons. The molecule has 0 aromatic carbocycles. The van der Waals surface area contributed by atoms with E-state index < -0.39 is 11.2 Å². The summed E-state index contributed by atoms with van der Waals surface area (Å²) >= 11 is 0. The number of hydrogen-bond donors (Lipinski definition) is 2. The number of allylic oxidation sites excluding steroid dienone is 1. The van der Waals surface area contributed by atoms with Crippen LogP contribution in [0.15, 0.2) is 40.3 Å². The molecule has 9 nitrogen and oxygen atoms in total. The summed E-state index contributed by atoms with van der Waals surface area (Å²) in [7, 11) is 1.87. The summed E-state index contributed by atoms with van der Waals surface area (Å²) in [6, 6.07) is 2.03. The van der Waals surface area contributed by atoms with Crippen molar-refractivity contribution in [1.82, 2.24) is 33.9 Å². The lowest BCUT2D eigenvalue weighted by atomic mass is 10.2. The summed E-state index contributed by atoms with van der Waals surface area (Å²) in [4.78, 5) is 35.5. The van der Waals surface area contributed by atoms with E-state index in [0.29, 0.717) is 35.6 Å². The van der Waals surface area contributed by atoms with Crippen LogP contribution in [0.3, 0.4) is 0 Å². The Morgan fingerprint density at radius 3 is 2.73 bits per heavy atom. The van der Waals surface area contributed by atoms with Crippen LogP contribution < -0.4 is 11.2 Å². The van der Waals surface area contributed by atoms with Crippen molar-refractivity contribution < 1.29 is 0 Å². The molecule has 0 bridgehead atoms. The van der Waals surface area contributed by atoms with Crippen LogP contribution in [0.5, 0.6) is 0 Å². The number of nitrogens with zero attached hydrogens (tertiary/aromatic N) is 5. The summed E-state index contributed by atoms with van der Waals surface area (Å²) in [5.41, 5.74) is 2.04. The Hall–Kier alpha value is -3.62. The molecular weight excluding hydrogens is 382 g/mol. The van der Waals surface area contributed by atoms with Crippen LogP contribution >= 0.6 is 0 Å². The molecule has 0 saturated heterocycles. The number of hydrogen-bond acceptors (Lipinski definition) is 4. The van der Waals surface area contributed by atoms with Crippen molar-refractivity contribution in [2.45, 2.75) is 33.9 Å². The first-order valence-electron chi connectivity index (χ1n) is 9.90. The molecule has 2 N–H and O–H groups in total. The van der Waals surface area contributed by atoms with E-state index in [1.807, 2.05) is 63.0 Å². The molecule has 30 heavy (non-hydrogen) atoms. The van der Waals surface area contributed by atoms with Crippen molar-refractivity contribution in [3.05, 3.63) is 62.8 Å². The third-order valence-corrected chi connectivity index (χ3v) is 4.91. The summed E-state index contributed by atoms with van der Waals surface area (Å²) in [5, 5.41) is 5.08. The van der Waals surface area contributed by atoms with E-state index in [1.165, 1.54) is 4.57 Å². The molecule has 0 amide bonds. The third kappa shape index (κ3) is 3.42. The fourth-order valence-electron chi connectivity index (χ4n) is 3.64. The van der Waals surface area contributed by atoms with Crippen LogP contribution in [0, 0.1) is 5.92 Å². The molecule has 4 rings (SSSR count). The van der Waals surface area contributed by atoms with Crippen LogP contribution in [0.4, 0.5) is 0 Å². The molecule has 0 atom stereocenters. The van der Waals surface area contributed by atoms with Crippen LogP contribution in [-0.2, 0) is 20.1 Å². The van der Waals surface area contributed by atoms with Crippen LogP contribution in [0.2, 0.25) is 0 Å². The van der Waals surface area contributed by atoms with E-state index in [1.54, 1.807) is 10.9 Å². The first-order valence-corrected chi connectivity index (χ1v) is 9.90. The van der Waals surface area contributed by atoms with Gasteiger partial charge in [-0.2, -0.15) is 5.10 Å². The maximum atomic E-state index is 12.8. The Morgan fingerprint density at radius 2 is 2.07 bits per heavy atom. The lowest BCUT2D eigenvalue weighted by molar-refractivity contribution is 0.510. The van der Waals surface area contributed by atoms with Crippen molar-refractivity contribution in [2.24, 2.45) is 13.0 Å². The predicted molar refractivity (Wildman–Crippen MR) is 116 cm³/mol. The molecule has 4 aromatic rings. The fourth-order valence-corrected chi connectivity index (χ4v) is 3.64. The Bertz CT molecular complexity index is 1340. The number of aromatic nitrogens is 7. The van der Waals surface area contributed by atoms with Gasteiger partial charge >= 0.3 is 5.69 Å². The first kappa shape index (κ1) is 19.7. The van der Waals surface area contributed by atoms with Gasteiger partial charge in [0.2, 0.25) is 0 Å². The molecule has 0 unspecified atom stereocenters. The zero-order valence-corrected chi connectivity index (χ0v) is 17.5. The van der Waals surface area contributed by atoms with Crippen molar-refractivity contribution >= 4 is 17.1 Å². The monoisotopic (exact) mass is 407 g/mol. The topological polar surface area (TPSA) is 106 Å². The van der Waals surface area contributed by atoms with E-state index in [2.05, 4.69) is 15.0 Å². The van der Waals surface area contributed by atoms with Gasteiger partial charge in [0.15, 0.2) is 11.5 Å². The molecule has 0 spiro atoms. The first-order chi connectivity index (χ1) is 14.4. The second kappa shape index (κ2) is 7.66. The maximum Gasteiger partial charge on any atom is 0.330 e. The van der Waals surface area contributed by atoms with Crippen molar-refractivity contribution in [2.75, 3.05) is 0 Å². The minimum absolute atomic E-state index is 0.214. The van der Waals surface area contributed by atoms with Gasteiger partial charge < -0.3 is 9.55 Å². The summed E-state index contributed by atoms with van der Waals surface area (Å²) in [6.45, 7) is 6.88. The third-order valence-electron chi connectivity index (χ3n) is 4.91. The highest BCUT2D eigenvalue weighted by atomic mass is 16.2. The zero-order chi connectivity index (χ0) is 21.4. The Balaban J connectivity index is 1.98. The number of H-pyrrole nitrogens is 2. The van der Waals surface area contributed by atoms with E-state index in [-0.39, 0.29) is 5.92 Å². The fraction of sp³-hybridized carbons (Fsp3) is 0.333. The standard InChI is InChI=1S/C21H25N7O2/c1-5-6-15-9-14(10-23-15)12-28-17(19-22-7-8-26(19)4)16-18(25-28)27(11-13(2)3)21(30)24-20(16)29/h5-10,13,23H,11-12H2,1-4H3,(H,24,29,30)/b6-5-. The van der Waals surface area contributed by atoms with Gasteiger partial charge in [0.25, 0.3) is 5.56 Å². The molecular formula is C21H25N7O2. The second-order valence-electron chi connectivity index (χ2n) is 7.79. The molecule has 0 aliphatic carbocycles. The largest absolute Gasteiger partial charge is 0.361 e. The van der Waals surface area contributed by atoms with Crippen molar-refractivity contribution in [3.8, 4) is 11.5 Å². The molecule has 4 aromatic heterocycles. The lowest BCUT2D eigenvalue weighted by Gasteiger charge is -2.08. The van der Waals surface area contributed by atoms with E-state index in [4.69, 9.17) is 5.10 Å². The van der Waals surface area contributed by atoms with Crippen LogP contribution in [-0.4, -0.2) is 33.9 Å². The summed E-state index contributed by atoms with van der Waals surface area (Å²) in [5.74, 6) is 0.827. The van der Waals surface area contributed by atoms with Gasteiger partial charge in [0.1, 0.15) is 11.1 Å². The van der Waals surface area contributed by atoms with Gasteiger partial charge in [0.05, 0.1) is 6.54 Å². The zero-order valence-electron chi connectivity index (χ0n) is 17.5. The molecule has 9 heteroatoms. The van der Waals surface area contributed by atoms with Crippen molar-refractivity contribution in [1.29, 1.82) is 0 Å². The number of aromatic amines is 2. The minimum Gasteiger partial charge on any atom is -0.361 e. The number of rotatable bonds is 6. The number of aryl methyl sites for hydroxylation is 1. The second-order valence-corrected chi connectivity index (χ2v) is 7.79. The summed E-state index contributed by atoms with van der Waals surface area (Å²) < 4.78 is 5.13. The predicted octanol–water partition coefficient (Wildman–Crippen LogP) is 2.35. The minimum atomic E-state index is -0.456. The normalized spacial score (nSPS) is 12.0. The average molecular weight is 407 g/mol. The number of fused-ring (bicyclic) bond motifs is 1. The summed E-state index contributed by atoms with van der Waals surface area (Å²) in [6.07, 6.45) is 9.35. The molecule has 4 heterocycles. The van der Waals surface area contributed by atoms with Crippen molar-refractivity contribution in [3.63, 3.8) is 0 Å². The van der Waals surface area contributed by atoms with Crippen LogP contribution in [0.1, 0.15) is 32.0 Å². The maximum absolute atomic E-state index is 12.8. The van der Waals surface area contributed by atoms with Gasteiger partial charge in [-0.3, -0.25) is 19.0 Å². The molecule has 0 aliphatic heterocycles. The Kier molecular flexibility index (Phi) is 5.03. The number of nitrogens with one attached hydrogen (secondary N) is 2. The Morgan fingerprint density at radius 1 is 1.27 bits per heavy atom. The van der Waals surface area contributed by atoms with E-state index in [9.17, 15) is 9.59 Å². The SMILES string of the molecule is C/C=C\c1cc(Cn2nc3c(c2-c2nccn2C)c(=O)[nH]c(=O)n3CC(C)C)c[nH]1. The van der Waals surface area contributed by atoms with Gasteiger partial charge in [0, 0.05) is 37.9 Å². The number of imidazole rings is 1. The highest BCUT2D eigenvalue weighted by Crippen LogP contribution is 2.25. The van der Waals surface area contributed by atoms with Gasteiger partial charge in [-0.05, 0) is 30.5 Å². The molecule has 0 aliphatic rings. The molecule has 0 saturated carbocycles. The molecule has 0 fully saturated rings. The smallest absolute Gasteiger partial charge is 0.330 e. The highest BCUT2D eigenvalue weighted by molar-refractivity contribution is 5.89. The van der Waals surface area contributed by atoms with Gasteiger partial charge in [-0.25, -0.2) is 9.78 Å². The lowest BCUT2D eigenvalue weighted by Crippen LogP contribution is -2.31. The van der Waals surface area contributed by atoms with Crippen LogP contribution in [0.25, 0.3) is 28.6 Å². The van der Waals surface area contributed by atoms with Gasteiger partial charge in [-0.15, -0.1) is 0 Å². The highest BCUT2D eigenvalue weighted by Gasteiger charge is 2.23. The van der Waals surface area contributed by atoms with E-state index in [0.717, 1.165) is 11.3 Å². The quantitative estimate of drug-likeness (QED) is 0.512. The molecule has 0 radical (unpaired) electrons.